The molecule has 4 heterocycles. The molecule has 0 saturated heterocycles. The summed E-state index contributed by atoms with van der Waals surface area (Å²) >= 11 is 0. The summed E-state index contributed by atoms with van der Waals surface area (Å²) in [5.41, 5.74) is 5.40. The van der Waals surface area contributed by atoms with E-state index in [9.17, 15) is 0 Å². The van der Waals surface area contributed by atoms with E-state index >= 15 is 0 Å². The third-order valence-corrected chi connectivity index (χ3v) is 6.04. The van der Waals surface area contributed by atoms with Crippen molar-refractivity contribution in [1.82, 2.24) is 34.6 Å². The van der Waals surface area contributed by atoms with Crippen molar-refractivity contribution in [2.75, 3.05) is 17.7 Å². The van der Waals surface area contributed by atoms with Gasteiger partial charge in [0, 0.05) is 24.5 Å². The minimum absolute atomic E-state index is 0.404. The number of aromatic nitrogens is 6. The predicted molar refractivity (Wildman–Crippen MR) is 125 cm³/mol. The molecular weight excluding hydrogens is 402 g/mol. The van der Waals surface area contributed by atoms with Crippen LogP contribution in [0.4, 0.5) is 17.3 Å². The molecule has 0 amide bonds. The SMILES string of the molecule is CNC1CCC(Nc2ncc(C)c(-c3cnc4ccc(Nc5cncnc5)cn34)n2)CC1. The zero-order valence-electron chi connectivity index (χ0n) is 18.3. The lowest BCUT2D eigenvalue weighted by Gasteiger charge is -2.28. The van der Waals surface area contributed by atoms with Gasteiger partial charge >= 0.3 is 0 Å². The third kappa shape index (κ3) is 4.24. The molecule has 4 aromatic heterocycles. The highest BCUT2D eigenvalue weighted by molar-refractivity contribution is 5.67. The molecule has 1 fully saturated rings. The fraction of sp³-hybridized carbons (Fsp3) is 0.348. The Morgan fingerprint density at radius 3 is 2.47 bits per heavy atom. The fourth-order valence-electron chi connectivity index (χ4n) is 4.24. The average Bonchev–Trinajstić information content (AvgIpc) is 3.24. The molecule has 9 heteroatoms. The lowest BCUT2D eigenvalue weighted by atomic mass is 9.91. The molecule has 3 N–H and O–H groups in total. The van der Waals surface area contributed by atoms with Crippen LogP contribution in [0.3, 0.4) is 0 Å². The van der Waals surface area contributed by atoms with Gasteiger partial charge in [-0.05, 0) is 57.4 Å². The lowest BCUT2D eigenvalue weighted by Crippen LogP contribution is -2.35. The van der Waals surface area contributed by atoms with E-state index in [1.165, 1.54) is 19.2 Å². The molecule has 0 aromatic carbocycles. The minimum atomic E-state index is 0.404. The van der Waals surface area contributed by atoms with Crippen molar-refractivity contribution in [2.45, 2.75) is 44.7 Å². The summed E-state index contributed by atoms with van der Waals surface area (Å²) in [6.07, 6.45) is 15.3. The van der Waals surface area contributed by atoms with Crippen LogP contribution in [0.15, 0.2) is 49.4 Å². The van der Waals surface area contributed by atoms with Crippen molar-refractivity contribution in [2.24, 2.45) is 0 Å². The van der Waals surface area contributed by atoms with Crippen LogP contribution in [0, 0.1) is 6.92 Å². The number of nitrogens with zero attached hydrogens (tertiary/aromatic N) is 6. The molecule has 0 radical (unpaired) electrons. The van der Waals surface area contributed by atoms with Crippen molar-refractivity contribution >= 4 is 23.0 Å². The van der Waals surface area contributed by atoms with E-state index < -0.39 is 0 Å². The van der Waals surface area contributed by atoms with Crippen LogP contribution < -0.4 is 16.0 Å². The molecule has 32 heavy (non-hydrogen) atoms. The normalized spacial score (nSPS) is 18.6. The van der Waals surface area contributed by atoms with E-state index in [1.54, 1.807) is 12.4 Å². The van der Waals surface area contributed by atoms with Crippen LogP contribution in [-0.4, -0.2) is 48.5 Å². The first-order valence-corrected chi connectivity index (χ1v) is 11.0. The second-order valence-electron chi connectivity index (χ2n) is 8.25. The van der Waals surface area contributed by atoms with E-state index in [4.69, 9.17) is 4.98 Å². The van der Waals surface area contributed by atoms with Gasteiger partial charge < -0.3 is 16.0 Å². The Hall–Kier alpha value is -3.59. The Morgan fingerprint density at radius 1 is 0.906 bits per heavy atom. The molecule has 1 aliphatic rings. The van der Waals surface area contributed by atoms with Crippen LogP contribution >= 0.6 is 0 Å². The smallest absolute Gasteiger partial charge is 0.223 e. The number of pyridine rings is 1. The molecule has 5 rings (SSSR count). The van der Waals surface area contributed by atoms with Crippen LogP contribution in [0.25, 0.3) is 17.0 Å². The number of rotatable bonds is 6. The predicted octanol–water partition coefficient (Wildman–Crippen LogP) is 3.58. The van der Waals surface area contributed by atoms with Gasteiger partial charge in [-0.25, -0.2) is 24.9 Å². The average molecular weight is 430 g/mol. The summed E-state index contributed by atoms with van der Waals surface area (Å²) < 4.78 is 2.05. The fourth-order valence-corrected chi connectivity index (χ4v) is 4.24. The summed E-state index contributed by atoms with van der Waals surface area (Å²) in [4.78, 5) is 22.1. The van der Waals surface area contributed by atoms with E-state index in [0.717, 1.165) is 46.8 Å². The second kappa shape index (κ2) is 8.88. The van der Waals surface area contributed by atoms with Crippen molar-refractivity contribution in [1.29, 1.82) is 0 Å². The molecule has 0 unspecified atom stereocenters. The summed E-state index contributed by atoms with van der Waals surface area (Å²) in [6.45, 7) is 2.03. The highest BCUT2D eigenvalue weighted by atomic mass is 15.1. The number of hydrogen-bond acceptors (Lipinski definition) is 8. The standard InChI is InChI=1S/C23H27N9/c1-15-9-28-23(30-17-5-3-16(24-2)4-6-17)31-22(15)20-12-27-21-8-7-18(13-32(20)21)29-19-10-25-14-26-11-19/h7-14,16-17,24,29H,3-6H2,1-2H3,(H,28,30,31). The van der Waals surface area contributed by atoms with Gasteiger partial charge in [0.25, 0.3) is 0 Å². The topological polar surface area (TPSA) is 105 Å². The van der Waals surface area contributed by atoms with Gasteiger partial charge in [-0.3, -0.25) is 4.40 Å². The van der Waals surface area contributed by atoms with Gasteiger partial charge in [0.05, 0.1) is 41.4 Å². The molecule has 1 aliphatic carbocycles. The number of fused-ring (bicyclic) bond motifs is 1. The first-order chi connectivity index (χ1) is 15.7. The Morgan fingerprint density at radius 2 is 1.69 bits per heavy atom. The van der Waals surface area contributed by atoms with Gasteiger partial charge in [0.15, 0.2) is 0 Å². The maximum absolute atomic E-state index is 4.87. The molecule has 164 valence electrons. The molecule has 1 saturated carbocycles. The summed E-state index contributed by atoms with van der Waals surface area (Å²) in [5, 5.41) is 10.2. The van der Waals surface area contributed by atoms with Crippen LogP contribution in [-0.2, 0) is 0 Å². The van der Waals surface area contributed by atoms with Gasteiger partial charge in [-0.2, -0.15) is 0 Å². The van der Waals surface area contributed by atoms with E-state index in [1.807, 2.05) is 49.1 Å². The zero-order valence-corrected chi connectivity index (χ0v) is 18.3. The Bertz CT molecular complexity index is 1200. The maximum Gasteiger partial charge on any atom is 0.223 e. The molecule has 4 aromatic rings. The maximum atomic E-state index is 4.87. The van der Waals surface area contributed by atoms with Crippen LogP contribution in [0.1, 0.15) is 31.2 Å². The largest absolute Gasteiger partial charge is 0.352 e. The third-order valence-electron chi connectivity index (χ3n) is 6.04. The summed E-state index contributed by atoms with van der Waals surface area (Å²) in [5.74, 6) is 0.671. The van der Waals surface area contributed by atoms with E-state index in [2.05, 4.69) is 35.9 Å². The number of anilines is 3. The Balaban J connectivity index is 1.42. The first kappa shape index (κ1) is 20.3. The minimum Gasteiger partial charge on any atom is -0.352 e. The first-order valence-electron chi connectivity index (χ1n) is 11.0. The second-order valence-corrected chi connectivity index (χ2v) is 8.25. The Kier molecular flexibility index (Phi) is 5.64. The Labute approximate surface area is 186 Å². The lowest BCUT2D eigenvalue weighted by molar-refractivity contribution is 0.370. The van der Waals surface area contributed by atoms with Crippen molar-refractivity contribution in [3.05, 3.63) is 55.0 Å². The monoisotopic (exact) mass is 429 g/mol. The number of aryl methyl sites for hydroxylation is 1. The molecule has 0 bridgehead atoms. The molecule has 0 atom stereocenters. The van der Waals surface area contributed by atoms with Gasteiger partial charge in [0.2, 0.25) is 5.95 Å². The highest BCUT2D eigenvalue weighted by Gasteiger charge is 2.21. The number of hydrogen-bond donors (Lipinski definition) is 3. The van der Waals surface area contributed by atoms with Gasteiger partial charge in [-0.1, -0.05) is 0 Å². The molecule has 9 nitrogen and oxygen atoms in total. The van der Waals surface area contributed by atoms with Crippen LogP contribution in [0.2, 0.25) is 0 Å². The van der Waals surface area contributed by atoms with Crippen molar-refractivity contribution in [3.63, 3.8) is 0 Å². The molecule has 0 aliphatic heterocycles. The van der Waals surface area contributed by atoms with E-state index in [-0.39, 0.29) is 0 Å². The molecular formula is C23H27N9. The van der Waals surface area contributed by atoms with Crippen LogP contribution in [0.5, 0.6) is 0 Å². The summed E-state index contributed by atoms with van der Waals surface area (Å²) in [7, 11) is 2.04. The van der Waals surface area contributed by atoms with E-state index in [0.29, 0.717) is 18.0 Å². The number of imidazole rings is 1. The highest BCUT2D eigenvalue weighted by Crippen LogP contribution is 2.26. The quantitative estimate of drug-likeness (QED) is 0.427. The summed E-state index contributed by atoms with van der Waals surface area (Å²) in [6, 6.07) is 4.98. The van der Waals surface area contributed by atoms with Crippen molar-refractivity contribution < 1.29 is 0 Å². The van der Waals surface area contributed by atoms with Gasteiger partial charge in [0.1, 0.15) is 12.0 Å². The molecule has 0 spiro atoms. The zero-order chi connectivity index (χ0) is 21.9. The van der Waals surface area contributed by atoms with Gasteiger partial charge in [-0.15, -0.1) is 0 Å². The number of nitrogens with one attached hydrogen (secondary N) is 3. The van der Waals surface area contributed by atoms with Crippen molar-refractivity contribution in [3.8, 4) is 11.4 Å².